The number of hydrogen-bond donors (Lipinski definition) is 1. The van der Waals surface area contributed by atoms with Crippen molar-refractivity contribution >= 4 is 5.91 Å². The molecule has 0 aromatic heterocycles. The van der Waals surface area contributed by atoms with E-state index >= 15 is 0 Å². The molecule has 1 N–H and O–H groups in total. The highest BCUT2D eigenvalue weighted by Gasteiger charge is 2.32. The molecule has 17 heavy (non-hydrogen) atoms. The maximum Gasteiger partial charge on any atom is 0.222 e. The molecule has 2 rings (SSSR count). The van der Waals surface area contributed by atoms with Gasteiger partial charge < -0.3 is 15.0 Å². The molecular formula is C13H24N2O2. The fourth-order valence-electron chi connectivity index (χ4n) is 2.70. The first-order valence-corrected chi connectivity index (χ1v) is 6.61. The van der Waals surface area contributed by atoms with Crippen LogP contribution in [0.5, 0.6) is 0 Å². The molecule has 2 heterocycles. The van der Waals surface area contributed by atoms with Crippen LogP contribution in [-0.2, 0) is 9.53 Å². The van der Waals surface area contributed by atoms with Gasteiger partial charge in [-0.1, -0.05) is 0 Å². The number of piperidine rings is 1. The summed E-state index contributed by atoms with van der Waals surface area (Å²) in [5.41, 5.74) is 0.0473. The summed E-state index contributed by atoms with van der Waals surface area (Å²) in [6.07, 6.45) is 4.25. The van der Waals surface area contributed by atoms with Crippen LogP contribution in [0.15, 0.2) is 0 Å². The minimum Gasteiger partial charge on any atom is -0.371 e. The van der Waals surface area contributed by atoms with Gasteiger partial charge in [-0.2, -0.15) is 0 Å². The summed E-state index contributed by atoms with van der Waals surface area (Å²) in [4.78, 5) is 13.2. The quantitative estimate of drug-likeness (QED) is 0.804. The monoisotopic (exact) mass is 240 g/mol. The Morgan fingerprint density at radius 3 is 2.82 bits per heavy atom. The van der Waals surface area contributed by atoms with Gasteiger partial charge in [-0.05, 0) is 33.1 Å². The van der Waals surface area contributed by atoms with Gasteiger partial charge in [0.15, 0.2) is 0 Å². The zero-order valence-electron chi connectivity index (χ0n) is 11.2. The molecule has 2 unspecified atom stereocenters. The van der Waals surface area contributed by atoms with E-state index < -0.39 is 0 Å². The lowest BCUT2D eigenvalue weighted by Gasteiger charge is -2.31. The highest BCUT2D eigenvalue weighted by Crippen LogP contribution is 2.28. The van der Waals surface area contributed by atoms with Gasteiger partial charge in [0.1, 0.15) is 0 Å². The van der Waals surface area contributed by atoms with E-state index in [4.69, 9.17) is 4.74 Å². The second-order valence-electron chi connectivity index (χ2n) is 5.96. The fourth-order valence-corrected chi connectivity index (χ4v) is 2.70. The van der Waals surface area contributed by atoms with Gasteiger partial charge in [0.2, 0.25) is 5.91 Å². The Morgan fingerprint density at radius 1 is 1.47 bits per heavy atom. The van der Waals surface area contributed by atoms with Gasteiger partial charge in [0.05, 0.1) is 11.7 Å². The summed E-state index contributed by atoms with van der Waals surface area (Å²) in [5, 5.41) is 3.53. The average Bonchev–Trinajstić information content (AvgIpc) is 2.60. The fraction of sp³-hybridized carbons (Fsp3) is 0.923. The Kier molecular flexibility index (Phi) is 3.73. The molecule has 0 aromatic carbocycles. The van der Waals surface area contributed by atoms with Crippen molar-refractivity contribution < 1.29 is 9.53 Å². The van der Waals surface area contributed by atoms with E-state index in [1.54, 1.807) is 0 Å². The number of ether oxygens (including phenoxy) is 1. The number of nitrogens with zero attached hydrogens (tertiary/aromatic N) is 1. The molecule has 0 aliphatic carbocycles. The number of carbonyl (C=O) groups is 1. The third kappa shape index (κ3) is 3.42. The molecule has 0 bridgehead atoms. The smallest absolute Gasteiger partial charge is 0.222 e. The summed E-state index contributed by atoms with van der Waals surface area (Å²) in [5.74, 6) is 0.265. The first-order chi connectivity index (χ1) is 7.96. The zero-order chi connectivity index (χ0) is 12.5. The first-order valence-electron chi connectivity index (χ1n) is 6.61. The lowest BCUT2D eigenvalue weighted by atomic mass is 10.0. The van der Waals surface area contributed by atoms with Crippen LogP contribution >= 0.6 is 0 Å². The second-order valence-corrected chi connectivity index (χ2v) is 5.96. The SMILES string of the molecule is CN1CC(NCC2CCC(C)(C)O2)CCC1=O. The number of nitrogens with one attached hydrogen (secondary N) is 1. The number of likely N-dealkylation sites (N-methyl/N-ethyl adjacent to an activating group) is 1. The van der Waals surface area contributed by atoms with Crippen LogP contribution in [0.4, 0.5) is 0 Å². The van der Waals surface area contributed by atoms with Crippen LogP contribution in [0, 0.1) is 0 Å². The van der Waals surface area contributed by atoms with E-state index in [2.05, 4.69) is 19.2 Å². The highest BCUT2D eigenvalue weighted by atomic mass is 16.5. The Labute approximate surface area is 104 Å². The Morgan fingerprint density at radius 2 is 2.24 bits per heavy atom. The average molecular weight is 240 g/mol. The molecule has 4 heteroatoms. The lowest BCUT2D eigenvalue weighted by molar-refractivity contribution is -0.132. The van der Waals surface area contributed by atoms with E-state index in [0.717, 1.165) is 32.4 Å². The number of likely N-dealkylation sites (tertiary alicyclic amines) is 1. The molecule has 2 fully saturated rings. The van der Waals surface area contributed by atoms with E-state index in [-0.39, 0.29) is 11.5 Å². The molecule has 0 radical (unpaired) electrons. The van der Waals surface area contributed by atoms with E-state index in [1.165, 1.54) is 0 Å². The van der Waals surface area contributed by atoms with Crippen molar-refractivity contribution in [3.05, 3.63) is 0 Å². The van der Waals surface area contributed by atoms with Gasteiger partial charge >= 0.3 is 0 Å². The third-order valence-electron chi connectivity index (χ3n) is 3.81. The van der Waals surface area contributed by atoms with E-state index in [0.29, 0.717) is 18.6 Å². The maximum absolute atomic E-state index is 11.4. The van der Waals surface area contributed by atoms with Crippen molar-refractivity contribution in [2.75, 3.05) is 20.1 Å². The molecule has 1 amide bonds. The standard InChI is InChI=1S/C13H24N2O2/c1-13(2)7-6-11(17-13)8-14-10-4-5-12(16)15(3)9-10/h10-11,14H,4-9H2,1-3H3. The normalized spacial score (nSPS) is 33.1. The number of rotatable bonds is 3. The van der Waals surface area contributed by atoms with Crippen LogP contribution < -0.4 is 5.32 Å². The molecule has 0 aromatic rings. The molecule has 2 aliphatic heterocycles. The Bertz CT molecular complexity index is 291. The maximum atomic E-state index is 11.4. The predicted molar refractivity (Wildman–Crippen MR) is 66.8 cm³/mol. The molecule has 2 atom stereocenters. The predicted octanol–water partition coefficient (Wildman–Crippen LogP) is 1.15. The van der Waals surface area contributed by atoms with Gasteiger partial charge in [0.25, 0.3) is 0 Å². The van der Waals surface area contributed by atoms with Gasteiger partial charge in [-0.15, -0.1) is 0 Å². The van der Waals surface area contributed by atoms with Gasteiger partial charge in [-0.3, -0.25) is 4.79 Å². The Hall–Kier alpha value is -0.610. The van der Waals surface area contributed by atoms with Crippen LogP contribution in [0.2, 0.25) is 0 Å². The van der Waals surface area contributed by atoms with Gasteiger partial charge in [0, 0.05) is 32.6 Å². The molecule has 4 nitrogen and oxygen atoms in total. The molecule has 0 spiro atoms. The van der Waals surface area contributed by atoms with E-state index in [1.807, 2.05) is 11.9 Å². The van der Waals surface area contributed by atoms with Crippen LogP contribution in [0.1, 0.15) is 39.5 Å². The van der Waals surface area contributed by atoms with Crippen LogP contribution in [-0.4, -0.2) is 48.7 Å². The molecule has 2 aliphatic rings. The van der Waals surface area contributed by atoms with Gasteiger partial charge in [-0.25, -0.2) is 0 Å². The van der Waals surface area contributed by atoms with Crippen molar-refractivity contribution in [2.24, 2.45) is 0 Å². The van der Waals surface area contributed by atoms with Crippen molar-refractivity contribution in [3.8, 4) is 0 Å². The molecule has 2 saturated heterocycles. The highest BCUT2D eigenvalue weighted by molar-refractivity contribution is 5.76. The molecular weight excluding hydrogens is 216 g/mol. The van der Waals surface area contributed by atoms with Crippen molar-refractivity contribution in [2.45, 2.75) is 57.3 Å². The largest absolute Gasteiger partial charge is 0.371 e. The summed E-state index contributed by atoms with van der Waals surface area (Å²) >= 11 is 0. The third-order valence-corrected chi connectivity index (χ3v) is 3.81. The van der Waals surface area contributed by atoms with E-state index in [9.17, 15) is 4.79 Å². The summed E-state index contributed by atoms with van der Waals surface area (Å²) in [7, 11) is 1.88. The minimum atomic E-state index is 0.0473. The number of hydrogen-bond acceptors (Lipinski definition) is 3. The zero-order valence-corrected chi connectivity index (χ0v) is 11.2. The van der Waals surface area contributed by atoms with Crippen molar-refractivity contribution in [3.63, 3.8) is 0 Å². The lowest BCUT2D eigenvalue weighted by Crippen LogP contribution is -2.48. The number of amides is 1. The summed E-state index contributed by atoms with van der Waals surface area (Å²) < 4.78 is 5.94. The Balaban J connectivity index is 1.71. The topological polar surface area (TPSA) is 41.6 Å². The number of carbonyl (C=O) groups excluding carboxylic acids is 1. The van der Waals surface area contributed by atoms with Crippen molar-refractivity contribution in [1.29, 1.82) is 0 Å². The minimum absolute atomic E-state index is 0.0473. The molecule has 98 valence electrons. The van der Waals surface area contributed by atoms with Crippen LogP contribution in [0.25, 0.3) is 0 Å². The van der Waals surface area contributed by atoms with Crippen LogP contribution in [0.3, 0.4) is 0 Å². The van der Waals surface area contributed by atoms with Crippen molar-refractivity contribution in [1.82, 2.24) is 10.2 Å². The summed E-state index contributed by atoms with van der Waals surface area (Å²) in [6.45, 7) is 6.05. The first kappa shape index (κ1) is 12.8. The molecule has 0 saturated carbocycles. The second kappa shape index (κ2) is 4.94. The summed E-state index contributed by atoms with van der Waals surface area (Å²) in [6, 6.07) is 0.435.